The van der Waals surface area contributed by atoms with Gasteiger partial charge in [0.05, 0.1) is 30.4 Å². The minimum atomic E-state index is -4.22. The number of rotatable bonds is 13. The second kappa shape index (κ2) is 17.0. The van der Waals surface area contributed by atoms with E-state index in [1.54, 1.807) is 41.5 Å². The Bertz CT molecular complexity index is 2140. The van der Waals surface area contributed by atoms with Crippen LogP contribution in [0.5, 0.6) is 0 Å². The number of imide groups is 1. The lowest BCUT2D eigenvalue weighted by Crippen LogP contribution is -2.43. The Morgan fingerprint density at radius 2 is 1.59 bits per heavy atom. The molecule has 3 aromatic carbocycles. The fourth-order valence-corrected chi connectivity index (χ4v) is 7.45. The highest BCUT2D eigenvalue weighted by Gasteiger charge is 2.39. The number of phosphoric ester groups is 1. The van der Waals surface area contributed by atoms with Crippen LogP contribution in [0.1, 0.15) is 83.0 Å². The first-order chi connectivity index (χ1) is 26.6. The van der Waals surface area contributed by atoms with Crippen LogP contribution in [0.15, 0.2) is 79.1 Å². The van der Waals surface area contributed by atoms with Crippen molar-refractivity contribution in [2.45, 2.75) is 84.9 Å². The van der Waals surface area contributed by atoms with Gasteiger partial charge in [0.15, 0.2) is 5.82 Å². The zero-order valence-electron chi connectivity index (χ0n) is 32.2. The highest BCUT2D eigenvalue weighted by Crippen LogP contribution is 2.55. The first-order valence-corrected chi connectivity index (χ1v) is 19.8. The first-order valence-electron chi connectivity index (χ1n) is 18.3. The summed E-state index contributed by atoms with van der Waals surface area (Å²) in [6, 6.07) is 19.2. The molecule has 0 bridgehead atoms. The van der Waals surface area contributed by atoms with Crippen LogP contribution < -0.4 is 5.32 Å². The van der Waals surface area contributed by atoms with Crippen molar-refractivity contribution in [1.82, 2.24) is 24.8 Å². The van der Waals surface area contributed by atoms with Gasteiger partial charge in [0.1, 0.15) is 17.0 Å². The Kier molecular flexibility index (Phi) is 12.3. The monoisotopic (exact) mass is 788 g/mol. The number of urea groups is 1. The number of phosphoric acid groups is 1. The summed E-state index contributed by atoms with van der Waals surface area (Å²) in [4.78, 5) is 43.3. The van der Waals surface area contributed by atoms with Crippen LogP contribution in [0, 0.1) is 5.82 Å². The number of carbonyl (C=O) groups is 2. The van der Waals surface area contributed by atoms with Crippen molar-refractivity contribution in [3.63, 3.8) is 0 Å². The highest BCUT2D eigenvalue weighted by molar-refractivity contribution is 7.48. The summed E-state index contributed by atoms with van der Waals surface area (Å²) in [5.74, 6) is -0.430. The Labute approximate surface area is 324 Å². The number of halogens is 1. The number of aromatic amines is 1. The number of anilines is 1. The quantitative estimate of drug-likeness (QED) is 0.109. The molecule has 1 aliphatic rings. The molecule has 5 aromatic rings. The number of carbonyl (C=O) groups excluding carboxylic acids is 2. The smallest absolute Gasteiger partial charge is 0.443 e. The summed E-state index contributed by atoms with van der Waals surface area (Å²) in [5, 5.41) is 2.60. The maximum absolute atomic E-state index is 16.6. The Balaban J connectivity index is 1.27. The molecular weight excluding hydrogens is 742 g/mol. The van der Waals surface area contributed by atoms with Crippen LogP contribution in [0.25, 0.3) is 22.2 Å². The van der Waals surface area contributed by atoms with E-state index < -0.39 is 43.1 Å². The van der Waals surface area contributed by atoms with Gasteiger partial charge in [0.2, 0.25) is 5.95 Å². The number of hydrogen-bond acceptors (Lipinski definition) is 11. The van der Waals surface area contributed by atoms with Crippen LogP contribution in [-0.2, 0) is 46.4 Å². The molecule has 0 saturated carbocycles. The normalized spacial score (nSPS) is 14.9. The largest absolute Gasteiger partial charge is 0.476 e. The van der Waals surface area contributed by atoms with Gasteiger partial charge in [-0.15, -0.1) is 0 Å². The number of hydrogen-bond donors (Lipinski definition) is 2. The van der Waals surface area contributed by atoms with Crippen molar-refractivity contribution >= 4 is 36.9 Å². The van der Waals surface area contributed by atoms with E-state index in [9.17, 15) is 14.2 Å². The number of H-pyrrole nitrogens is 1. The highest BCUT2D eigenvalue weighted by atomic mass is 31.2. The van der Waals surface area contributed by atoms with Gasteiger partial charge in [-0.3, -0.25) is 18.9 Å². The zero-order valence-corrected chi connectivity index (χ0v) is 33.1. The lowest BCUT2D eigenvalue weighted by atomic mass is 9.98. The van der Waals surface area contributed by atoms with Crippen LogP contribution in [-0.4, -0.2) is 55.7 Å². The topological polar surface area (TPSA) is 167 Å². The van der Waals surface area contributed by atoms with Gasteiger partial charge in [-0.05, 0) is 71.6 Å². The van der Waals surface area contributed by atoms with Crippen molar-refractivity contribution in [1.29, 1.82) is 0 Å². The van der Waals surface area contributed by atoms with E-state index in [4.69, 9.17) is 23.0 Å². The summed E-state index contributed by atoms with van der Waals surface area (Å²) in [5.41, 5.74) is 0.728. The number of nitrogens with zero attached hydrogens (tertiary/aromatic N) is 4. The molecule has 1 saturated heterocycles. The Morgan fingerprint density at radius 3 is 2.12 bits per heavy atom. The number of imidazole rings is 1. The maximum atomic E-state index is 16.6. The van der Waals surface area contributed by atoms with Crippen LogP contribution in [0.3, 0.4) is 0 Å². The van der Waals surface area contributed by atoms with Gasteiger partial charge >= 0.3 is 19.9 Å². The summed E-state index contributed by atoms with van der Waals surface area (Å²) < 4.78 is 59.7. The molecule has 1 atom stereocenters. The molecule has 6 rings (SSSR count). The third kappa shape index (κ3) is 9.84. The molecule has 3 heterocycles. The zero-order chi connectivity index (χ0) is 40.1. The van der Waals surface area contributed by atoms with Gasteiger partial charge in [-0.2, -0.15) is 0 Å². The van der Waals surface area contributed by atoms with Crippen LogP contribution in [0.4, 0.5) is 19.9 Å². The van der Waals surface area contributed by atoms with Crippen LogP contribution >= 0.6 is 7.82 Å². The van der Waals surface area contributed by atoms with Crippen LogP contribution in [0.2, 0.25) is 0 Å². The molecule has 0 spiro atoms. The van der Waals surface area contributed by atoms with E-state index in [0.29, 0.717) is 29.6 Å². The lowest BCUT2D eigenvalue weighted by Gasteiger charge is -2.28. The van der Waals surface area contributed by atoms with Crippen molar-refractivity contribution in [2.24, 2.45) is 0 Å². The van der Waals surface area contributed by atoms with Gasteiger partial charge in [0, 0.05) is 42.2 Å². The Morgan fingerprint density at radius 1 is 0.982 bits per heavy atom. The molecule has 16 heteroatoms. The van der Waals surface area contributed by atoms with E-state index in [2.05, 4.69) is 25.3 Å². The number of nitrogens with one attached hydrogen (secondary N) is 2. The van der Waals surface area contributed by atoms with Crippen molar-refractivity contribution in [3.8, 4) is 11.1 Å². The minimum Gasteiger partial charge on any atom is -0.443 e. The van der Waals surface area contributed by atoms with E-state index in [1.807, 2.05) is 60.7 Å². The second-order valence-corrected chi connectivity index (χ2v) is 16.2. The van der Waals surface area contributed by atoms with Gasteiger partial charge in [-0.25, -0.2) is 38.4 Å². The SMILES string of the molecule is CCN(C(=O)Nc1nc2cc(-c3cnc(C(C)(C)OP(=O)(OCc4ccccc4)OCc4ccccc4)nc3)c(F)c([C@H]3CCCO3)c2[nH]1)C(=O)OC(C)(C)C. The summed E-state index contributed by atoms with van der Waals surface area (Å²) >= 11 is 0. The molecule has 1 aliphatic heterocycles. The fourth-order valence-electron chi connectivity index (χ4n) is 6.01. The average Bonchev–Trinajstić information content (AvgIpc) is 3.84. The van der Waals surface area contributed by atoms with Crippen molar-refractivity contribution in [3.05, 3.63) is 107 Å². The molecule has 56 heavy (non-hydrogen) atoms. The molecule has 3 amide bonds. The molecule has 296 valence electrons. The second-order valence-electron chi connectivity index (χ2n) is 14.6. The van der Waals surface area contributed by atoms with Crippen molar-refractivity contribution < 1.29 is 41.6 Å². The molecule has 1 fully saturated rings. The molecule has 0 radical (unpaired) electrons. The maximum Gasteiger partial charge on any atom is 0.476 e. The van der Waals surface area contributed by atoms with Gasteiger partial charge in [0.25, 0.3) is 0 Å². The molecule has 0 unspecified atom stereocenters. The number of ether oxygens (including phenoxy) is 2. The summed E-state index contributed by atoms with van der Waals surface area (Å²) in [7, 11) is -4.22. The number of aromatic nitrogens is 4. The molecular formula is C40H46FN6O8P. The third-order valence-corrected chi connectivity index (χ3v) is 10.3. The molecule has 2 aromatic heterocycles. The predicted molar refractivity (Wildman–Crippen MR) is 207 cm³/mol. The summed E-state index contributed by atoms with van der Waals surface area (Å²) in [6.45, 7) is 10.4. The van der Waals surface area contributed by atoms with Gasteiger partial charge < -0.3 is 14.5 Å². The van der Waals surface area contributed by atoms with Crippen molar-refractivity contribution in [2.75, 3.05) is 18.5 Å². The number of amides is 3. The van der Waals surface area contributed by atoms with E-state index in [0.717, 1.165) is 22.4 Å². The van der Waals surface area contributed by atoms with E-state index >= 15 is 4.39 Å². The predicted octanol–water partition coefficient (Wildman–Crippen LogP) is 9.59. The molecule has 2 N–H and O–H groups in total. The third-order valence-electron chi connectivity index (χ3n) is 8.71. The fraction of sp³-hybridized carbons (Fsp3) is 0.375. The number of fused-ring (bicyclic) bond motifs is 1. The summed E-state index contributed by atoms with van der Waals surface area (Å²) in [6.07, 6.45) is 2.78. The lowest BCUT2D eigenvalue weighted by molar-refractivity contribution is 0.0187. The number of benzene rings is 3. The minimum absolute atomic E-state index is 0.00157. The first kappa shape index (κ1) is 40.6. The Hall–Kier alpha value is -5.05. The van der Waals surface area contributed by atoms with E-state index in [-0.39, 0.29) is 42.7 Å². The van der Waals surface area contributed by atoms with Gasteiger partial charge in [-0.1, -0.05) is 60.7 Å². The average molecular weight is 789 g/mol. The molecule has 0 aliphatic carbocycles. The molecule has 14 nitrogen and oxygen atoms in total. The van der Waals surface area contributed by atoms with E-state index in [1.165, 1.54) is 18.5 Å². The standard InChI is InChI=1S/C40H46FN6O8P/c1-7-47(38(49)54-39(2,3)4)37(48)46-36-44-30-21-29(33(41)32(34(30)45-36)31-19-14-20-51-31)28-22-42-35(43-23-28)40(5,6)55-56(50,52-24-26-15-10-8-11-16-26)53-25-27-17-12-9-13-18-27/h8-13,15-18,21-23,31H,7,14,19-20,24-25H2,1-6H3,(H2,44,45,46,48)/t31-/m1/s1.